The van der Waals surface area contributed by atoms with Gasteiger partial charge in [0.25, 0.3) is 0 Å². The molecule has 0 spiro atoms. The van der Waals surface area contributed by atoms with Crippen LogP contribution in [-0.4, -0.2) is 6.21 Å². The minimum atomic E-state index is 0.535. The number of hydrogen-bond acceptors (Lipinski definition) is 2. The van der Waals surface area contributed by atoms with Crippen LogP contribution in [0.25, 0.3) is 0 Å². The molecule has 0 aromatic rings. The molecule has 1 aliphatic rings. The van der Waals surface area contributed by atoms with Gasteiger partial charge in [0.2, 0.25) is 0 Å². The van der Waals surface area contributed by atoms with Gasteiger partial charge in [-0.2, -0.15) is 0 Å². The predicted molar refractivity (Wildman–Crippen MR) is 68.3 cm³/mol. The molecular formula is C14H17NO. The van der Waals surface area contributed by atoms with E-state index in [9.17, 15) is 0 Å². The van der Waals surface area contributed by atoms with Crippen LogP contribution < -0.4 is 0 Å². The van der Waals surface area contributed by atoms with E-state index in [4.69, 9.17) is 10.1 Å². The van der Waals surface area contributed by atoms with Crippen LogP contribution in [0, 0.1) is 11.3 Å². The van der Waals surface area contributed by atoms with Crippen molar-refractivity contribution in [2.45, 2.75) is 13.3 Å². The third-order valence-electron chi connectivity index (χ3n) is 2.27. The van der Waals surface area contributed by atoms with E-state index in [-0.39, 0.29) is 0 Å². The van der Waals surface area contributed by atoms with Gasteiger partial charge < -0.3 is 10.1 Å². The average Bonchev–Trinajstić information content (AvgIpc) is 2.30. The van der Waals surface area contributed by atoms with Crippen LogP contribution in [0.15, 0.2) is 60.6 Å². The van der Waals surface area contributed by atoms with E-state index >= 15 is 0 Å². The number of hydrogen-bond donors (Lipinski definition) is 1. The van der Waals surface area contributed by atoms with Gasteiger partial charge in [0.15, 0.2) is 0 Å². The number of nitrogens with one attached hydrogen (secondary N) is 1. The number of rotatable bonds is 5. The first-order valence-corrected chi connectivity index (χ1v) is 5.26. The van der Waals surface area contributed by atoms with E-state index in [2.05, 4.69) is 26.2 Å². The molecule has 0 fully saturated rings. The zero-order valence-corrected chi connectivity index (χ0v) is 9.57. The van der Waals surface area contributed by atoms with Crippen molar-refractivity contribution < 1.29 is 4.74 Å². The highest BCUT2D eigenvalue weighted by Crippen LogP contribution is 2.20. The molecule has 0 heterocycles. The lowest BCUT2D eigenvalue weighted by atomic mass is 10.0. The summed E-state index contributed by atoms with van der Waals surface area (Å²) in [6.07, 6.45) is 11.6. The molecule has 0 radical (unpaired) electrons. The first kappa shape index (κ1) is 12.2. The van der Waals surface area contributed by atoms with E-state index < -0.39 is 0 Å². The summed E-state index contributed by atoms with van der Waals surface area (Å²) in [6.45, 7) is 9.50. The lowest BCUT2D eigenvalue weighted by Gasteiger charge is -2.14. The first-order valence-electron chi connectivity index (χ1n) is 5.26. The fourth-order valence-corrected chi connectivity index (χ4v) is 1.30. The van der Waals surface area contributed by atoms with E-state index in [1.807, 2.05) is 12.2 Å². The van der Waals surface area contributed by atoms with Crippen LogP contribution in [0.3, 0.4) is 0 Å². The molecule has 0 amide bonds. The maximum absolute atomic E-state index is 7.15. The smallest absolute Gasteiger partial charge is 0.135 e. The molecule has 1 atom stereocenters. The lowest BCUT2D eigenvalue weighted by molar-refractivity contribution is 0.328. The van der Waals surface area contributed by atoms with Gasteiger partial charge in [0.1, 0.15) is 11.5 Å². The Morgan fingerprint density at radius 3 is 2.88 bits per heavy atom. The zero-order chi connectivity index (χ0) is 12.0. The summed E-state index contributed by atoms with van der Waals surface area (Å²) < 4.78 is 5.65. The Kier molecular flexibility index (Phi) is 4.52. The topological polar surface area (TPSA) is 33.1 Å². The Balaban J connectivity index is 2.74. The summed E-state index contributed by atoms with van der Waals surface area (Å²) in [4.78, 5) is 0. The number of allylic oxidation sites excluding steroid dienone is 6. The van der Waals surface area contributed by atoms with Crippen molar-refractivity contribution in [3.05, 3.63) is 60.6 Å². The maximum atomic E-state index is 7.15. The molecule has 0 unspecified atom stereocenters. The Morgan fingerprint density at radius 2 is 2.38 bits per heavy atom. The van der Waals surface area contributed by atoms with Crippen molar-refractivity contribution in [2.24, 2.45) is 5.92 Å². The number of ether oxygens (including phenoxy) is 1. The molecule has 0 aromatic heterocycles. The molecule has 16 heavy (non-hydrogen) atoms. The van der Waals surface area contributed by atoms with Crippen LogP contribution in [-0.2, 0) is 4.74 Å². The molecule has 0 bridgehead atoms. The molecule has 2 heteroatoms. The van der Waals surface area contributed by atoms with Crippen LogP contribution >= 0.6 is 0 Å². The predicted octanol–water partition coefficient (Wildman–Crippen LogP) is 3.76. The van der Waals surface area contributed by atoms with Crippen molar-refractivity contribution in [2.75, 3.05) is 0 Å². The van der Waals surface area contributed by atoms with Gasteiger partial charge in [0, 0.05) is 11.8 Å². The second-order valence-electron chi connectivity index (χ2n) is 3.72. The summed E-state index contributed by atoms with van der Waals surface area (Å²) in [7, 11) is 0. The van der Waals surface area contributed by atoms with Gasteiger partial charge in [-0.05, 0) is 30.6 Å². The quantitative estimate of drug-likeness (QED) is 0.423. The van der Waals surface area contributed by atoms with Crippen molar-refractivity contribution >= 4 is 6.21 Å². The second-order valence-corrected chi connectivity index (χ2v) is 3.72. The third kappa shape index (κ3) is 3.39. The van der Waals surface area contributed by atoms with Crippen LogP contribution in [0.5, 0.6) is 0 Å². The standard InChI is InChI=1S/C14H17NO/c1-4-5-14(12(3)10-15)16-13-8-6-11(2)7-9-13/h4-6,8-11,15H,1,3,7H2,2H3/b14-5+,15-10?/t11-/m0/s1. The Labute approximate surface area is 96.8 Å². The second kappa shape index (κ2) is 5.91. The monoisotopic (exact) mass is 215 g/mol. The van der Waals surface area contributed by atoms with Crippen LogP contribution in [0.2, 0.25) is 0 Å². The molecule has 0 aromatic carbocycles. The van der Waals surface area contributed by atoms with Crippen molar-refractivity contribution in [1.82, 2.24) is 0 Å². The largest absolute Gasteiger partial charge is 0.457 e. The van der Waals surface area contributed by atoms with Crippen LogP contribution in [0.4, 0.5) is 0 Å². The molecule has 0 aliphatic heterocycles. The fraction of sp³-hybridized carbons (Fsp3) is 0.214. The van der Waals surface area contributed by atoms with E-state index in [1.165, 1.54) is 6.21 Å². The highest BCUT2D eigenvalue weighted by Gasteiger charge is 2.07. The third-order valence-corrected chi connectivity index (χ3v) is 2.27. The van der Waals surface area contributed by atoms with E-state index in [0.717, 1.165) is 12.2 Å². The maximum Gasteiger partial charge on any atom is 0.135 e. The summed E-state index contributed by atoms with van der Waals surface area (Å²) in [5, 5.41) is 7.15. The summed E-state index contributed by atoms with van der Waals surface area (Å²) in [5.74, 6) is 1.93. The SMILES string of the molecule is C=C/C=C(/OC1=CC[C@@H](C)C=C1)C(=C)C=N. The van der Waals surface area contributed by atoms with Gasteiger partial charge >= 0.3 is 0 Å². The van der Waals surface area contributed by atoms with Gasteiger partial charge in [-0.3, -0.25) is 0 Å². The Bertz CT molecular complexity index is 386. The van der Waals surface area contributed by atoms with Crippen LogP contribution in [0.1, 0.15) is 13.3 Å². The van der Waals surface area contributed by atoms with Gasteiger partial charge in [-0.15, -0.1) is 0 Å². The Morgan fingerprint density at radius 1 is 1.62 bits per heavy atom. The first-order chi connectivity index (χ1) is 7.67. The summed E-state index contributed by atoms with van der Waals surface area (Å²) >= 11 is 0. The summed E-state index contributed by atoms with van der Waals surface area (Å²) in [5.41, 5.74) is 0.535. The fourth-order valence-electron chi connectivity index (χ4n) is 1.30. The molecular weight excluding hydrogens is 198 g/mol. The minimum Gasteiger partial charge on any atom is -0.457 e. The molecule has 1 rings (SSSR count). The van der Waals surface area contributed by atoms with Gasteiger partial charge in [-0.1, -0.05) is 32.2 Å². The van der Waals surface area contributed by atoms with Crippen molar-refractivity contribution in [1.29, 1.82) is 5.41 Å². The van der Waals surface area contributed by atoms with E-state index in [0.29, 0.717) is 17.3 Å². The molecule has 0 saturated carbocycles. The molecule has 0 saturated heterocycles. The van der Waals surface area contributed by atoms with E-state index in [1.54, 1.807) is 12.2 Å². The molecule has 84 valence electrons. The molecule has 1 N–H and O–H groups in total. The summed E-state index contributed by atoms with van der Waals surface area (Å²) in [6, 6.07) is 0. The van der Waals surface area contributed by atoms with Crippen molar-refractivity contribution in [3.8, 4) is 0 Å². The minimum absolute atomic E-state index is 0.535. The van der Waals surface area contributed by atoms with Crippen molar-refractivity contribution in [3.63, 3.8) is 0 Å². The van der Waals surface area contributed by atoms with Gasteiger partial charge in [0.05, 0.1) is 0 Å². The van der Waals surface area contributed by atoms with Gasteiger partial charge in [-0.25, -0.2) is 0 Å². The lowest BCUT2D eigenvalue weighted by Crippen LogP contribution is -2.00. The Hall–Kier alpha value is -1.83. The molecule has 1 aliphatic carbocycles. The highest BCUT2D eigenvalue weighted by molar-refractivity contribution is 5.80. The molecule has 2 nitrogen and oxygen atoms in total. The normalized spacial score (nSPS) is 19.9. The highest BCUT2D eigenvalue weighted by atomic mass is 16.5. The average molecular weight is 215 g/mol. The zero-order valence-electron chi connectivity index (χ0n) is 9.57.